The molecule has 17 heavy (non-hydrogen) atoms. The Kier molecular flexibility index (Phi) is 4.17. The van der Waals surface area contributed by atoms with Crippen molar-refractivity contribution < 1.29 is 4.42 Å². The molecule has 0 saturated carbocycles. The van der Waals surface area contributed by atoms with E-state index in [4.69, 9.17) is 4.42 Å². The second-order valence-corrected chi connectivity index (χ2v) is 3.96. The molecule has 0 unspecified atom stereocenters. The van der Waals surface area contributed by atoms with Crippen molar-refractivity contribution in [2.75, 3.05) is 0 Å². The number of nitrogens with one attached hydrogen (secondary N) is 1. The minimum absolute atomic E-state index is 0.197. The van der Waals surface area contributed by atoms with Crippen molar-refractivity contribution in [1.29, 1.82) is 0 Å². The second-order valence-electron chi connectivity index (χ2n) is 3.96. The molecule has 0 radical (unpaired) electrons. The number of rotatable bonds is 6. The summed E-state index contributed by atoms with van der Waals surface area (Å²) >= 11 is 0. The summed E-state index contributed by atoms with van der Waals surface area (Å²) in [4.78, 5) is 0. The van der Waals surface area contributed by atoms with Crippen LogP contribution in [-0.2, 0) is 6.54 Å². The largest absolute Gasteiger partial charge is 0.468 e. The maximum Gasteiger partial charge on any atom is 0.120 e. The Bertz CT molecular complexity index is 433. The van der Waals surface area contributed by atoms with Crippen molar-refractivity contribution >= 4 is 0 Å². The molecule has 1 atom stereocenters. The van der Waals surface area contributed by atoms with E-state index in [1.54, 1.807) is 6.26 Å². The van der Waals surface area contributed by atoms with E-state index in [2.05, 4.69) is 24.0 Å². The molecule has 1 heterocycles. The van der Waals surface area contributed by atoms with Crippen molar-refractivity contribution in [2.24, 2.45) is 0 Å². The van der Waals surface area contributed by atoms with Gasteiger partial charge < -0.3 is 9.73 Å². The first-order valence-electron chi connectivity index (χ1n) is 5.82. The first kappa shape index (κ1) is 11.7. The third-order valence-electron chi connectivity index (χ3n) is 2.68. The van der Waals surface area contributed by atoms with Crippen LogP contribution in [0, 0.1) is 0 Å². The van der Waals surface area contributed by atoms with Gasteiger partial charge in [-0.15, -0.1) is 6.58 Å². The average Bonchev–Trinajstić information content (AvgIpc) is 2.89. The molecule has 0 bridgehead atoms. The van der Waals surface area contributed by atoms with Gasteiger partial charge in [0.15, 0.2) is 0 Å². The van der Waals surface area contributed by atoms with E-state index in [9.17, 15) is 0 Å². The van der Waals surface area contributed by atoms with Crippen LogP contribution < -0.4 is 5.32 Å². The lowest BCUT2D eigenvalue weighted by Crippen LogP contribution is -2.19. The van der Waals surface area contributed by atoms with Crippen LogP contribution in [0.25, 0.3) is 0 Å². The number of furan rings is 1. The molecule has 0 spiro atoms. The Morgan fingerprint density at radius 2 is 2.00 bits per heavy atom. The summed E-state index contributed by atoms with van der Waals surface area (Å²) < 4.78 is 5.43. The fourth-order valence-electron chi connectivity index (χ4n) is 1.79. The fourth-order valence-corrected chi connectivity index (χ4v) is 1.79. The molecule has 1 aromatic carbocycles. The first-order valence-corrected chi connectivity index (χ1v) is 5.82. The first-order chi connectivity index (χ1) is 8.40. The van der Waals surface area contributed by atoms with Gasteiger partial charge in [0.05, 0.1) is 12.3 Å². The van der Waals surface area contributed by atoms with Crippen molar-refractivity contribution in [2.45, 2.75) is 19.0 Å². The molecule has 2 heteroatoms. The Balaban J connectivity index is 1.97. The minimum Gasteiger partial charge on any atom is -0.468 e. The van der Waals surface area contributed by atoms with Gasteiger partial charge in [0.2, 0.25) is 0 Å². The summed E-state index contributed by atoms with van der Waals surface area (Å²) in [5.41, 5.74) is 1.27. The highest BCUT2D eigenvalue weighted by Crippen LogP contribution is 2.18. The van der Waals surface area contributed by atoms with Crippen molar-refractivity contribution in [3.05, 3.63) is 72.7 Å². The van der Waals surface area contributed by atoms with E-state index in [1.807, 2.05) is 36.4 Å². The highest BCUT2D eigenvalue weighted by Gasteiger charge is 2.11. The van der Waals surface area contributed by atoms with Gasteiger partial charge in [0.1, 0.15) is 5.76 Å². The molecule has 2 rings (SSSR count). The van der Waals surface area contributed by atoms with Crippen LogP contribution in [-0.4, -0.2) is 0 Å². The van der Waals surface area contributed by atoms with E-state index in [0.29, 0.717) is 0 Å². The van der Waals surface area contributed by atoms with Crippen LogP contribution in [0.4, 0.5) is 0 Å². The number of benzene rings is 1. The van der Waals surface area contributed by atoms with E-state index in [0.717, 1.165) is 18.7 Å². The number of hydrogen-bond acceptors (Lipinski definition) is 2. The standard InChI is InChI=1S/C15H17NO/c1-2-7-14(15-10-6-11-17-15)16-12-13-8-4-3-5-9-13/h2-6,8-11,14,16H,1,7,12H2/t14-/m1/s1. The number of hydrogen-bond donors (Lipinski definition) is 1. The monoisotopic (exact) mass is 227 g/mol. The van der Waals surface area contributed by atoms with Gasteiger partial charge >= 0.3 is 0 Å². The van der Waals surface area contributed by atoms with Crippen LogP contribution in [0.5, 0.6) is 0 Å². The van der Waals surface area contributed by atoms with E-state index in [1.165, 1.54) is 5.56 Å². The van der Waals surface area contributed by atoms with Crippen LogP contribution in [0.15, 0.2) is 65.8 Å². The molecular weight excluding hydrogens is 210 g/mol. The normalized spacial score (nSPS) is 12.2. The van der Waals surface area contributed by atoms with Crippen LogP contribution >= 0.6 is 0 Å². The summed E-state index contributed by atoms with van der Waals surface area (Å²) in [5.74, 6) is 0.959. The topological polar surface area (TPSA) is 25.2 Å². The third kappa shape index (κ3) is 3.33. The zero-order valence-corrected chi connectivity index (χ0v) is 9.80. The smallest absolute Gasteiger partial charge is 0.120 e. The molecule has 0 aliphatic carbocycles. The van der Waals surface area contributed by atoms with Gasteiger partial charge in [-0.3, -0.25) is 0 Å². The van der Waals surface area contributed by atoms with Gasteiger partial charge in [-0.1, -0.05) is 36.4 Å². The lowest BCUT2D eigenvalue weighted by atomic mass is 10.1. The minimum atomic E-state index is 0.197. The Morgan fingerprint density at radius 3 is 2.65 bits per heavy atom. The average molecular weight is 227 g/mol. The van der Waals surface area contributed by atoms with Gasteiger partial charge in [-0.05, 0) is 24.1 Å². The van der Waals surface area contributed by atoms with Gasteiger partial charge in [0, 0.05) is 6.54 Å². The Morgan fingerprint density at radius 1 is 1.18 bits per heavy atom. The SMILES string of the molecule is C=CC[C@@H](NCc1ccccc1)c1ccco1. The quantitative estimate of drug-likeness (QED) is 0.761. The predicted octanol–water partition coefficient (Wildman–Crippen LogP) is 3.69. The molecule has 2 aromatic rings. The lowest BCUT2D eigenvalue weighted by Gasteiger charge is -2.14. The molecule has 2 nitrogen and oxygen atoms in total. The van der Waals surface area contributed by atoms with Gasteiger partial charge in [0.25, 0.3) is 0 Å². The van der Waals surface area contributed by atoms with E-state index in [-0.39, 0.29) is 6.04 Å². The third-order valence-corrected chi connectivity index (χ3v) is 2.68. The Hall–Kier alpha value is -1.80. The maximum atomic E-state index is 5.43. The van der Waals surface area contributed by atoms with Gasteiger partial charge in [-0.2, -0.15) is 0 Å². The summed E-state index contributed by atoms with van der Waals surface area (Å²) in [6.45, 7) is 4.62. The molecule has 0 aliphatic heterocycles. The van der Waals surface area contributed by atoms with E-state index < -0.39 is 0 Å². The van der Waals surface area contributed by atoms with Crippen LogP contribution in [0.1, 0.15) is 23.8 Å². The summed E-state index contributed by atoms with van der Waals surface area (Å²) in [6, 6.07) is 14.4. The van der Waals surface area contributed by atoms with Gasteiger partial charge in [-0.25, -0.2) is 0 Å². The molecule has 1 N–H and O–H groups in total. The van der Waals surface area contributed by atoms with E-state index >= 15 is 0 Å². The van der Waals surface area contributed by atoms with Crippen LogP contribution in [0.3, 0.4) is 0 Å². The lowest BCUT2D eigenvalue weighted by molar-refractivity contribution is 0.413. The predicted molar refractivity (Wildman–Crippen MR) is 69.5 cm³/mol. The zero-order valence-electron chi connectivity index (χ0n) is 9.80. The molecule has 0 amide bonds. The summed E-state index contributed by atoms with van der Waals surface area (Å²) in [5, 5.41) is 3.47. The molecule has 88 valence electrons. The molecule has 0 fully saturated rings. The molecule has 0 saturated heterocycles. The Labute approximate surface area is 102 Å². The fraction of sp³-hybridized carbons (Fsp3) is 0.200. The molecule has 1 aromatic heterocycles. The zero-order chi connectivity index (χ0) is 11.9. The second kappa shape index (κ2) is 6.06. The van der Waals surface area contributed by atoms with Crippen LogP contribution in [0.2, 0.25) is 0 Å². The highest BCUT2D eigenvalue weighted by molar-refractivity contribution is 5.15. The van der Waals surface area contributed by atoms with Crippen molar-refractivity contribution in [1.82, 2.24) is 5.32 Å². The molecule has 0 aliphatic rings. The highest BCUT2D eigenvalue weighted by atomic mass is 16.3. The van der Waals surface area contributed by atoms with Crippen molar-refractivity contribution in [3.8, 4) is 0 Å². The summed E-state index contributed by atoms with van der Waals surface area (Å²) in [7, 11) is 0. The molecular formula is C15H17NO. The van der Waals surface area contributed by atoms with Crippen molar-refractivity contribution in [3.63, 3.8) is 0 Å². The summed E-state index contributed by atoms with van der Waals surface area (Å²) in [6.07, 6.45) is 4.47. The maximum absolute atomic E-state index is 5.43.